The molecule has 1 N–H and O–H groups in total. The highest BCUT2D eigenvalue weighted by Crippen LogP contribution is 2.29. The Labute approximate surface area is 221 Å². The fourth-order valence-electron chi connectivity index (χ4n) is 4.49. The fourth-order valence-corrected chi connectivity index (χ4v) is 5.50. The quantitative estimate of drug-likeness (QED) is 0.309. The van der Waals surface area contributed by atoms with Crippen LogP contribution in [0.15, 0.2) is 79.1 Å². The van der Waals surface area contributed by atoms with Crippen LogP contribution in [0.5, 0.6) is 0 Å². The lowest BCUT2D eigenvalue weighted by molar-refractivity contribution is 0.107. The lowest BCUT2D eigenvalue weighted by atomic mass is 10.0. The third-order valence-corrected chi connectivity index (χ3v) is 7.55. The van der Waals surface area contributed by atoms with Gasteiger partial charge in [0.25, 0.3) is 5.12 Å². The normalized spacial score (nSPS) is 11.6. The number of nitrogens with zero attached hydrogens (tertiary/aromatic N) is 4. The molecule has 0 aliphatic heterocycles. The van der Waals surface area contributed by atoms with Crippen molar-refractivity contribution in [2.75, 3.05) is 4.72 Å². The summed E-state index contributed by atoms with van der Waals surface area (Å²) in [5, 5.41) is -0.991. The summed E-state index contributed by atoms with van der Waals surface area (Å²) in [7, 11) is -4.31. The van der Waals surface area contributed by atoms with Crippen LogP contribution in [-0.2, 0) is 23.0 Å². The minimum Gasteiger partial charge on any atom is -0.308 e. The van der Waals surface area contributed by atoms with E-state index in [4.69, 9.17) is 9.97 Å². The second-order valence-corrected chi connectivity index (χ2v) is 10.7. The molecule has 0 unspecified atom stereocenters. The molecule has 0 radical (unpaired) electrons. The lowest BCUT2D eigenvalue weighted by Gasteiger charge is -2.13. The summed E-state index contributed by atoms with van der Waals surface area (Å²) in [5.41, 5.74) is 6.60. The number of aryl methyl sites for hydroxylation is 3. The number of carbonyl (C=O) groups excluding carboxylic acids is 1. The Bertz CT molecular complexity index is 1750. The molecule has 38 heavy (non-hydrogen) atoms. The molecule has 5 rings (SSSR count). The van der Waals surface area contributed by atoms with E-state index in [-0.39, 0.29) is 11.3 Å². The van der Waals surface area contributed by atoms with E-state index in [0.29, 0.717) is 12.1 Å². The van der Waals surface area contributed by atoms with E-state index in [1.165, 1.54) is 18.3 Å². The van der Waals surface area contributed by atoms with Gasteiger partial charge in [-0.3, -0.25) is 14.5 Å². The number of anilines is 1. The molecule has 8 nitrogen and oxygen atoms in total. The van der Waals surface area contributed by atoms with E-state index < -0.39 is 15.1 Å². The zero-order valence-electron chi connectivity index (χ0n) is 21.3. The number of rotatable bonds is 7. The number of aromatic nitrogens is 4. The van der Waals surface area contributed by atoms with Crippen LogP contribution in [0.4, 0.5) is 5.69 Å². The van der Waals surface area contributed by atoms with Crippen molar-refractivity contribution in [3.05, 3.63) is 107 Å². The largest absolute Gasteiger partial charge is 0.308 e. The van der Waals surface area contributed by atoms with Gasteiger partial charge < -0.3 is 4.57 Å². The van der Waals surface area contributed by atoms with E-state index in [2.05, 4.69) is 28.1 Å². The van der Waals surface area contributed by atoms with Gasteiger partial charge in [-0.05, 0) is 42.7 Å². The first kappa shape index (κ1) is 25.3. The molecule has 0 bridgehead atoms. The SMILES string of the molecule is CCc1nc2c(C)cc(C)nc2n1Cc1ccc(-c2cnccc2NS(=O)(=O)C(=O)c2ccccc2)cc1. The maximum absolute atomic E-state index is 12.8. The molecule has 0 aliphatic carbocycles. The highest BCUT2D eigenvalue weighted by molar-refractivity contribution is 8.07. The molecule has 2 aromatic carbocycles. The molecule has 3 aromatic heterocycles. The zero-order chi connectivity index (χ0) is 26.9. The van der Waals surface area contributed by atoms with Crippen molar-refractivity contribution in [2.24, 2.45) is 0 Å². The van der Waals surface area contributed by atoms with E-state index in [0.717, 1.165) is 45.8 Å². The standard InChI is InChI=1S/C29H27N5O3S/c1-4-26-32-27-19(2)16-20(3)31-28(27)34(26)18-21-10-12-22(13-11-21)24-17-30-15-14-25(24)33-38(36,37)29(35)23-8-6-5-7-9-23/h5-17H,4,18H2,1-3H3,(H,30,33). The van der Waals surface area contributed by atoms with Gasteiger partial charge in [0.15, 0.2) is 5.65 Å². The van der Waals surface area contributed by atoms with Crippen LogP contribution in [0.2, 0.25) is 0 Å². The van der Waals surface area contributed by atoms with Gasteiger partial charge in [-0.25, -0.2) is 9.97 Å². The number of nitrogens with one attached hydrogen (secondary N) is 1. The predicted molar refractivity (Wildman–Crippen MR) is 148 cm³/mol. The summed E-state index contributed by atoms with van der Waals surface area (Å²) in [4.78, 5) is 26.4. The van der Waals surface area contributed by atoms with Crippen LogP contribution in [0.1, 0.15) is 39.9 Å². The maximum Gasteiger partial charge on any atom is 0.300 e. The first-order chi connectivity index (χ1) is 18.3. The average Bonchev–Trinajstić information content (AvgIpc) is 3.27. The molecule has 0 aliphatic rings. The number of carbonyl (C=O) groups is 1. The Morgan fingerprint density at radius 3 is 2.42 bits per heavy atom. The van der Waals surface area contributed by atoms with Crippen molar-refractivity contribution in [1.29, 1.82) is 0 Å². The number of sulfonamides is 1. The Hall–Kier alpha value is -4.37. The topological polar surface area (TPSA) is 107 Å². The summed E-state index contributed by atoms with van der Waals surface area (Å²) < 4.78 is 30.3. The molecule has 3 heterocycles. The highest BCUT2D eigenvalue weighted by atomic mass is 32.2. The third-order valence-electron chi connectivity index (χ3n) is 6.34. The van der Waals surface area contributed by atoms with Gasteiger partial charge in [-0.2, -0.15) is 8.42 Å². The number of benzene rings is 2. The third kappa shape index (κ3) is 4.92. The van der Waals surface area contributed by atoms with E-state index >= 15 is 0 Å². The van der Waals surface area contributed by atoms with Crippen LogP contribution in [-0.4, -0.2) is 33.1 Å². The second-order valence-electron chi connectivity index (χ2n) is 9.10. The molecular formula is C29H27N5O3S. The Morgan fingerprint density at radius 1 is 0.974 bits per heavy atom. The molecule has 0 fully saturated rings. The van der Waals surface area contributed by atoms with Crippen molar-refractivity contribution in [2.45, 2.75) is 33.7 Å². The molecule has 0 amide bonds. The summed E-state index contributed by atoms with van der Waals surface area (Å²) in [6.07, 6.45) is 3.85. The van der Waals surface area contributed by atoms with Crippen LogP contribution < -0.4 is 4.72 Å². The monoisotopic (exact) mass is 525 g/mol. The van der Waals surface area contributed by atoms with E-state index in [1.54, 1.807) is 30.5 Å². The zero-order valence-corrected chi connectivity index (χ0v) is 22.2. The van der Waals surface area contributed by atoms with Crippen molar-refractivity contribution < 1.29 is 13.2 Å². The molecule has 9 heteroatoms. The number of pyridine rings is 2. The van der Waals surface area contributed by atoms with Crippen LogP contribution in [0.3, 0.4) is 0 Å². The first-order valence-electron chi connectivity index (χ1n) is 12.3. The van der Waals surface area contributed by atoms with Gasteiger partial charge in [0.2, 0.25) is 0 Å². The van der Waals surface area contributed by atoms with Gasteiger partial charge >= 0.3 is 10.0 Å². The van der Waals surface area contributed by atoms with Crippen molar-refractivity contribution in [3.63, 3.8) is 0 Å². The van der Waals surface area contributed by atoms with Crippen LogP contribution >= 0.6 is 0 Å². The minimum absolute atomic E-state index is 0.0957. The van der Waals surface area contributed by atoms with E-state index in [9.17, 15) is 13.2 Å². The molecule has 0 atom stereocenters. The van der Waals surface area contributed by atoms with Gasteiger partial charge in [-0.15, -0.1) is 0 Å². The first-order valence-corrected chi connectivity index (χ1v) is 13.7. The molecule has 0 spiro atoms. The number of hydrogen-bond donors (Lipinski definition) is 1. The van der Waals surface area contributed by atoms with Crippen LogP contribution in [0.25, 0.3) is 22.3 Å². The molecule has 0 saturated heterocycles. The summed E-state index contributed by atoms with van der Waals surface area (Å²) >= 11 is 0. The number of imidazole rings is 1. The maximum atomic E-state index is 12.8. The smallest absolute Gasteiger partial charge is 0.300 e. The van der Waals surface area contributed by atoms with Gasteiger partial charge in [0, 0.05) is 35.6 Å². The van der Waals surface area contributed by atoms with Crippen LogP contribution in [0, 0.1) is 13.8 Å². The van der Waals surface area contributed by atoms with E-state index in [1.807, 2.05) is 37.3 Å². The second kappa shape index (κ2) is 10.2. The van der Waals surface area contributed by atoms with Crippen molar-refractivity contribution >= 4 is 32.0 Å². The molecule has 0 saturated carbocycles. The summed E-state index contributed by atoms with van der Waals surface area (Å²) in [6, 6.07) is 19.3. The Balaban J connectivity index is 1.43. The van der Waals surface area contributed by atoms with Crippen molar-refractivity contribution in [1.82, 2.24) is 19.5 Å². The summed E-state index contributed by atoms with van der Waals surface area (Å²) in [6.45, 7) is 6.72. The highest BCUT2D eigenvalue weighted by Gasteiger charge is 2.25. The van der Waals surface area contributed by atoms with Gasteiger partial charge in [0.1, 0.15) is 11.3 Å². The Kier molecular flexibility index (Phi) is 6.77. The number of fused-ring (bicyclic) bond motifs is 1. The predicted octanol–water partition coefficient (Wildman–Crippen LogP) is 5.30. The minimum atomic E-state index is -4.31. The Morgan fingerprint density at radius 2 is 1.71 bits per heavy atom. The molecule has 5 aromatic rings. The summed E-state index contributed by atoms with van der Waals surface area (Å²) in [5.74, 6) is 0.970. The van der Waals surface area contributed by atoms with Gasteiger partial charge in [0.05, 0.1) is 12.2 Å². The molecule has 192 valence electrons. The lowest BCUT2D eigenvalue weighted by Crippen LogP contribution is -2.23. The van der Waals surface area contributed by atoms with Gasteiger partial charge in [-0.1, -0.05) is 61.5 Å². The average molecular weight is 526 g/mol. The van der Waals surface area contributed by atoms with Crippen molar-refractivity contribution in [3.8, 4) is 11.1 Å². The fraction of sp³-hybridized carbons (Fsp3) is 0.172. The number of hydrogen-bond acceptors (Lipinski definition) is 6. The molecular weight excluding hydrogens is 498 g/mol.